The van der Waals surface area contributed by atoms with Crippen molar-refractivity contribution >= 4 is 39.6 Å². The highest BCUT2D eigenvalue weighted by atomic mass is 127. The van der Waals surface area contributed by atoms with E-state index in [1.165, 1.54) is 38.5 Å². The van der Waals surface area contributed by atoms with Crippen LogP contribution in [0.2, 0.25) is 0 Å². The predicted octanol–water partition coefficient (Wildman–Crippen LogP) is 3.53. The molecule has 5 rings (SSSR count). The van der Waals surface area contributed by atoms with Crippen molar-refractivity contribution in [2.24, 2.45) is 0 Å². The number of piperidine rings is 2. The third-order valence-corrected chi connectivity index (χ3v) is 7.02. The number of hydrogen-bond donors (Lipinski definition) is 1. The molecule has 8 heteroatoms. The van der Waals surface area contributed by atoms with Gasteiger partial charge in [0.2, 0.25) is 0 Å². The molecular formula is C19H26IN5O2. The van der Waals surface area contributed by atoms with Crippen molar-refractivity contribution in [2.75, 3.05) is 11.5 Å². The molecule has 7 nitrogen and oxygen atoms in total. The van der Waals surface area contributed by atoms with Crippen LogP contribution in [0.25, 0.3) is 11.2 Å². The molecule has 5 heterocycles. The molecule has 0 aromatic carbocycles. The number of fused-ring (bicyclic) bond motifs is 3. The first-order valence-corrected chi connectivity index (χ1v) is 11.3. The molecule has 2 aromatic rings. The highest BCUT2D eigenvalue weighted by Crippen LogP contribution is 2.39. The molecule has 0 radical (unpaired) electrons. The Bertz CT molecular complexity index is 813. The first-order chi connectivity index (χ1) is 13.3. The second-order valence-electron chi connectivity index (χ2n) is 7.96. The molecule has 3 saturated heterocycles. The highest BCUT2D eigenvalue weighted by Gasteiger charge is 2.37. The molecule has 1 N–H and O–H groups in total. The van der Waals surface area contributed by atoms with Crippen molar-refractivity contribution < 1.29 is 9.84 Å². The number of aliphatic hydroxyl groups excluding tert-OH is 1. The summed E-state index contributed by atoms with van der Waals surface area (Å²) < 4.78 is 8.72. The molecule has 3 aliphatic heterocycles. The summed E-state index contributed by atoms with van der Waals surface area (Å²) >= 11 is 2.22. The highest BCUT2D eigenvalue weighted by molar-refractivity contribution is 14.1. The summed E-state index contributed by atoms with van der Waals surface area (Å²) in [5.74, 6) is 0.868. The van der Waals surface area contributed by atoms with Gasteiger partial charge in [-0.15, -0.1) is 0 Å². The molecule has 1 unspecified atom stereocenters. The Labute approximate surface area is 172 Å². The molecule has 1 atom stereocenters. The van der Waals surface area contributed by atoms with E-state index in [2.05, 4.69) is 27.5 Å². The SMILES string of the molecule is OCc1nc2c(I)nn(C3CCCCO3)c2nc1N1C2CCCC1CCC2. The number of ether oxygens (including phenoxy) is 1. The van der Waals surface area contributed by atoms with Gasteiger partial charge in [0, 0.05) is 18.7 Å². The first-order valence-electron chi connectivity index (χ1n) is 10.2. The van der Waals surface area contributed by atoms with E-state index in [4.69, 9.17) is 19.8 Å². The summed E-state index contributed by atoms with van der Waals surface area (Å²) in [5, 5.41) is 14.7. The molecule has 0 saturated carbocycles. The lowest BCUT2D eigenvalue weighted by Crippen LogP contribution is -2.50. The van der Waals surface area contributed by atoms with E-state index in [0.717, 1.165) is 46.6 Å². The van der Waals surface area contributed by atoms with E-state index < -0.39 is 0 Å². The Morgan fingerprint density at radius 2 is 1.74 bits per heavy atom. The van der Waals surface area contributed by atoms with Crippen LogP contribution >= 0.6 is 22.6 Å². The molecule has 2 bridgehead atoms. The summed E-state index contributed by atoms with van der Waals surface area (Å²) in [7, 11) is 0. The lowest BCUT2D eigenvalue weighted by atomic mass is 9.84. The molecule has 3 fully saturated rings. The van der Waals surface area contributed by atoms with Gasteiger partial charge in [0.05, 0.1) is 6.61 Å². The van der Waals surface area contributed by atoms with Crippen LogP contribution in [0.15, 0.2) is 0 Å². The monoisotopic (exact) mass is 483 g/mol. The number of rotatable bonds is 3. The van der Waals surface area contributed by atoms with Crippen LogP contribution in [0.4, 0.5) is 5.82 Å². The van der Waals surface area contributed by atoms with Crippen molar-refractivity contribution in [2.45, 2.75) is 82.7 Å². The maximum absolute atomic E-state index is 10.0. The average molecular weight is 483 g/mol. The molecule has 0 amide bonds. The van der Waals surface area contributed by atoms with E-state index in [1.807, 2.05) is 4.68 Å². The molecular weight excluding hydrogens is 457 g/mol. The van der Waals surface area contributed by atoms with E-state index in [-0.39, 0.29) is 12.8 Å². The quantitative estimate of drug-likeness (QED) is 0.674. The largest absolute Gasteiger partial charge is 0.390 e. The zero-order valence-corrected chi connectivity index (χ0v) is 17.6. The third kappa shape index (κ3) is 3.13. The molecule has 0 aliphatic carbocycles. The minimum absolute atomic E-state index is 0.0623. The number of anilines is 1. The van der Waals surface area contributed by atoms with Crippen molar-refractivity contribution in [1.29, 1.82) is 0 Å². The van der Waals surface area contributed by atoms with Crippen LogP contribution < -0.4 is 4.90 Å². The minimum atomic E-state index is -0.0879. The first kappa shape index (κ1) is 18.1. The Kier molecular flexibility index (Phi) is 4.97. The maximum Gasteiger partial charge on any atom is 0.182 e. The normalized spacial score (nSPS) is 28.7. The summed E-state index contributed by atoms with van der Waals surface area (Å²) in [6, 6.07) is 1.05. The summed E-state index contributed by atoms with van der Waals surface area (Å²) in [4.78, 5) is 12.3. The number of aliphatic hydroxyl groups is 1. The number of aromatic nitrogens is 4. The lowest BCUT2D eigenvalue weighted by Gasteiger charge is -2.47. The third-order valence-electron chi connectivity index (χ3n) is 6.30. The summed E-state index contributed by atoms with van der Waals surface area (Å²) in [5.41, 5.74) is 2.25. The van der Waals surface area contributed by atoms with Gasteiger partial charge in [-0.1, -0.05) is 0 Å². The van der Waals surface area contributed by atoms with E-state index in [0.29, 0.717) is 17.8 Å². The van der Waals surface area contributed by atoms with Crippen LogP contribution in [0.1, 0.15) is 69.7 Å². The van der Waals surface area contributed by atoms with Crippen molar-refractivity contribution in [3.05, 3.63) is 9.39 Å². The zero-order valence-electron chi connectivity index (χ0n) is 15.5. The number of hydrogen-bond acceptors (Lipinski definition) is 6. The zero-order chi connectivity index (χ0) is 18.4. The average Bonchev–Trinajstić information content (AvgIpc) is 3.03. The number of nitrogens with zero attached hydrogens (tertiary/aromatic N) is 5. The Morgan fingerprint density at radius 3 is 2.37 bits per heavy atom. The Balaban J connectivity index is 1.63. The summed E-state index contributed by atoms with van der Waals surface area (Å²) in [6.45, 7) is 0.684. The fourth-order valence-electron chi connectivity index (χ4n) is 5.04. The fourth-order valence-corrected chi connectivity index (χ4v) is 5.63. The predicted molar refractivity (Wildman–Crippen MR) is 111 cm³/mol. The van der Waals surface area contributed by atoms with Gasteiger partial charge < -0.3 is 14.7 Å². The van der Waals surface area contributed by atoms with Gasteiger partial charge in [0.15, 0.2) is 21.4 Å². The van der Waals surface area contributed by atoms with Crippen LogP contribution in [0.3, 0.4) is 0 Å². The van der Waals surface area contributed by atoms with Gasteiger partial charge in [0.1, 0.15) is 11.2 Å². The van der Waals surface area contributed by atoms with Crippen LogP contribution in [0.5, 0.6) is 0 Å². The molecule has 146 valence electrons. The second-order valence-corrected chi connectivity index (χ2v) is 8.98. The van der Waals surface area contributed by atoms with Gasteiger partial charge >= 0.3 is 0 Å². The van der Waals surface area contributed by atoms with Gasteiger partial charge in [0.25, 0.3) is 0 Å². The lowest BCUT2D eigenvalue weighted by molar-refractivity contribution is -0.0372. The van der Waals surface area contributed by atoms with Gasteiger partial charge in [-0.05, 0) is 80.4 Å². The summed E-state index contributed by atoms with van der Waals surface area (Å²) in [6.07, 6.45) is 10.6. The topological polar surface area (TPSA) is 76.3 Å². The van der Waals surface area contributed by atoms with E-state index in [9.17, 15) is 5.11 Å². The molecule has 2 aromatic heterocycles. The van der Waals surface area contributed by atoms with Gasteiger partial charge in [-0.2, -0.15) is 5.10 Å². The smallest absolute Gasteiger partial charge is 0.182 e. The maximum atomic E-state index is 10.0. The van der Waals surface area contributed by atoms with Crippen LogP contribution in [-0.4, -0.2) is 43.5 Å². The Morgan fingerprint density at radius 1 is 1.00 bits per heavy atom. The molecule has 3 aliphatic rings. The van der Waals surface area contributed by atoms with Crippen molar-refractivity contribution in [1.82, 2.24) is 19.7 Å². The van der Waals surface area contributed by atoms with Crippen LogP contribution in [0, 0.1) is 3.70 Å². The van der Waals surface area contributed by atoms with E-state index >= 15 is 0 Å². The van der Waals surface area contributed by atoms with Gasteiger partial charge in [-0.25, -0.2) is 14.6 Å². The number of halogens is 1. The minimum Gasteiger partial charge on any atom is -0.390 e. The van der Waals surface area contributed by atoms with Crippen molar-refractivity contribution in [3.63, 3.8) is 0 Å². The van der Waals surface area contributed by atoms with Crippen molar-refractivity contribution in [3.8, 4) is 0 Å². The fraction of sp³-hybridized carbons (Fsp3) is 0.737. The van der Waals surface area contributed by atoms with Crippen LogP contribution in [-0.2, 0) is 11.3 Å². The van der Waals surface area contributed by atoms with E-state index in [1.54, 1.807) is 0 Å². The molecule has 27 heavy (non-hydrogen) atoms. The van der Waals surface area contributed by atoms with Gasteiger partial charge in [-0.3, -0.25) is 0 Å². The second kappa shape index (κ2) is 7.44. The Hall–Kier alpha value is -1.00. The molecule has 0 spiro atoms. The standard InChI is InChI=1S/C19H26IN5O2/c20-17-16-19(25(23-17)15-9-1-2-10-27-15)22-18(14(11-26)21-16)24-12-5-3-6-13(24)8-4-7-12/h12-13,15,26H,1-11H2.